The van der Waals surface area contributed by atoms with E-state index in [0.717, 1.165) is 25.7 Å². The Morgan fingerprint density at radius 2 is 2.07 bits per heavy atom. The maximum absolute atomic E-state index is 10.7. The second-order valence-electron chi connectivity index (χ2n) is 3.89. The minimum absolute atomic E-state index is 0.111. The topological polar surface area (TPSA) is 17.1 Å². The fourth-order valence-corrected chi connectivity index (χ4v) is 1.61. The van der Waals surface area contributed by atoms with Gasteiger partial charge in [-0.3, -0.25) is 0 Å². The van der Waals surface area contributed by atoms with Crippen LogP contribution in [0.25, 0.3) is 0 Å². The van der Waals surface area contributed by atoms with Gasteiger partial charge >= 0.3 is 0 Å². The van der Waals surface area contributed by atoms with Crippen LogP contribution in [0.4, 0.5) is 0 Å². The Hall–Kier alpha value is -0.560. The molecule has 1 unspecified atom stereocenters. The first-order chi connectivity index (χ1) is 7.06. The highest BCUT2D eigenvalue weighted by molar-refractivity contribution is 6.21. The maximum Gasteiger partial charge on any atom is 0.129 e. The van der Waals surface area contributed by atoms with E-state index in [4.69, 9.17) is 11.6 Å². The summed E-state index contributed by atoms with van der Waals surface area (Å²) >= 11 is 6.03. The summed E-state index contributed by atoms with van der Waals surface area (Å²) in [6.07, 6.45) is 8.38. The van der Waals surface area contributed by atoms with E-state index in [2.05, 4.69) is 6.58 Å². The van der Waals surface area contributed by atoms with Gasteiger partial charge in [0.1, 0.15) is 5.78 Å². The highest BCUT2D eigenvalue weighted by Gasteiger charge is 2.02. The van der Waals surface area contributed by atoms with E-state index in [0.29, 0.717) is 6.42 Å². The van der Waals surface area contributed by atoms with E-state index in [-0.39, 0.29) is 11.2 Å². The van der Waals surface area contributed by atoms with Crippen molar-refractivity contribution in [3.05, 3.63) is 24.3 Å². The van der Waals surface area contributed by atoms with Gasteiger partial charge < -0.3 is 4.79 Å². The first kappa shape index (κ1) is 14.4. The summed E-state index contributed by atoms with van der Waals surface area (Å²) in [6.45, 7) is 7.59. The second kappa shape index (κ2) is 8.72. The molecule has 1 nitrogen and oxygen atoms in total. The zero-order chi connectivity index (χ0) is 11.7. The van der Waals surface area contributed by atoms with E-state index in [1.807, 2.05) is 19.1 Å². The second-order valence-corrected chi connectivity index (χ2v) is 4.45. The van der Waals surface area contributed by atoms with Gasteiger partial charge in [-0.25, -0.2) is 0 Å². The Balaban J connectivity index is 3.53. The summed E-state index contributed by atoms with van der Waals surface area (Å²) in [4.78, 5) is 10.7. The van der Waals surface area contributed by atoms with Crippen LogP contribution in [0.2, 0.25) is 0 Å². The summed E-state index contributed by atoms with van der Waals surface area (Å²) in [6, 6.07) is 0. The third-order valence-electron chi connectivity index (χ3n) is 2.23. The van der Waals surface area contributed by atoms with Crippen molar-refractivity contribution in [3.8, 4) is 0 Å². The van der Waals surface area contributed by atoms with Crippen LogP contribution in [-0.4, -0.2) is 11.2 Å². The smallest absolute Gasteiger partial charge is 0.129 e. The number of alkyl halides is 1. The number of hydrogen-bond acceptors (Lipinski definition) is 1. The van der Waals surface area contributed by atoms with Gasteiger partial charge in [0.2, 0.25) is 0 Å². The molecule has 0 aliphatic carbocycles. The van der Waals surface area contributed by atoms with Crippen LogP contribution in [0.1, 0.15) is 46.0 Å². The van der Waals surface area contributed by atoms with Gasteiger partial charge in [-0.1, -0.05) is 24.3 Å². The van der Waals surface area contributed by atoms with Crippen LogP contribution in [0.5, 0.6) is 0 Å². The third kappa shape index (κ3) is 9.74. The van der Waals surface area contributed by atoms with Crippen LogP contribution in [0, 0.1) is 0 Å². The van der Waals surface area contributed by atoms with Crippen molar-refractivity contribution in [2.75, 3.05) is 0 Å². The van der Waals surface area contributed by atoms with E-state index in [1.165, 1.54) is 5.57 Å². The molecule has 15 heavy (non-hydrogen) atoms. The molecule has 0 rings (SSSR count). The number of allylic oxidation sites excluding steroid dienone is 3. The summed E-state index contributed by atoms with van der Waals surface area (Å²) < 4.78 is 0. The summed E-state index contributed by atoms with van der Waals surface area (Å²) in [5.41, 5.74) is 1.20. The Kier molecular flexibility index (Phi) is 8.40. The van der Waals surface area contributed by atoms with E-state index < -0.39 is 0 Å². The number of halogens is 1. The van der Waals surface area contributed by atoms with E-state index in [1.54, 1.807) is 6.92 Å². The average molecular weight is 229 g/mol. The van der Waals surface area contributed by atoms with Gasteiger partial charge in [0.15, 0.2) is 0 Å². The molecule has 0 heterocycles. The summed E-state index contributed by atoms with van der Waals surface area (Å²) in [7, 11) is 0. The van der Waals surface area contributed by atoms with Crippen molar-refractivity contribution >= 4 is 17.4 Å². The Morgan fingerprint density at radius 1 is 1.40 bits per heavy atom. The van der Waals surface area contributed by atoms with Crippen LogP contribution in [0.15, 0.2) is 24.3 Å². The lowest BCUT2D eigenvalue weighted by molar-refractivity contribution is -0.117. The number of carbonyl (C=O) groups is 1. The molecule has 0 aromatic carbocycles. The molecule has 0 aromatic heterocycles. The molecule has 0 bridgehead atoms. The predicted octanol–water partition coefficient (Wildman–Crippen LogP) is 4.27. The van der Waals surface area contributed by atoms with Crippen molar-refractivity contribution < 1.29 is 4.79 Å². The van der Waals surface area contributed by atoms with Crippen LogP contribution in [-0.2, 0) is 4.79 Å². The Bertz CT molecular complexity index is 231. The molecule has 0 N–H and O–H groups in total. The third-order valence-corrected chi connectivity index (χ3v) is 2.60. The molecule has 0 saturated carbocycles. The maximum atomic E-state index is 10.7. The fourth-order valence-electron chi connectivity index (χ4n) is 1.36. The first-order valence-electron chi connectivity index (χ1n) is 5.49. The molecular weight excluding hydrogens is 208 g/mol. The van der Waals surface area contributed by atoms with Gasteiger partial charge in [-0.15, -0.1) is 11.6 Å². The Labute approximate surface area is 98.2 Å². The SMILES string of the molecule is C=C(CCCC(C)=O)CCC(Cl)C=CC. The lowest BCUT2D eigenvalue weighted by Crippen LogP contribution is -1.95. The van der Waals surface area contributed by atoms with Crippen LogP contribution >= 0.6 is 11.6 Å². The molecule has 0 fully saturated rings. The molecule has 86 valence electrons. The minimum Gasteiger partial charge on any atom is -0.300 e. The largest absolute Gasteiger partial charge is 0.300 e. The Morgan fingerprint density at radius 3 is 2.60 bits per heavy atom. The van der Waals surface area contributed by atoms with Crippen LogP contribution in [0.3, 0.4) is 0 Å². The van der Waals surface area contributed by atoms with Gasteiger partial charge in [-0.2, -0.15) is 0 Å². The number of Topliss-reactive ketones (excluding diaryl/α,β-unsaturated/α-hetero) is 1. The van der Waals surface area contributed by atoms with Crippen molar-refractivity contribution in [1.29, 1.82) is 0 Å². The van der Waals surface area contributed by atoms with Crippen molar-refractivity contribution in [1.82, 2.24) is 0 Å². The standard InChI is InChI=1S/C13H21ClO/c1-4-6-13(14)10-9-11(2)7-5-8-12(3)15/h4,6,13H,2,5,7-10H2,1,3H3. The first-order valence-corrected chi connectivity index (χ1v) is 5.93. The van der Waals surface area contributed by atoms with E-state index >= 15 is 0 Å². The van der Waals surface area contributed by atoms with Gasteiger partial charge in [-0.05, 0) is 39.5 Å². The number of ketones is 1. The normalized spacial score (nSPS) is 13.0. The number of carbonyl (C=O) groups excluding carboxylic acids is 1. The quantitative estimate of drug-likeness (QED) is 0.448. The molecule has 1 atom stereocenters. The molecule has 0 aliphatic rings. The fraction of sp³-hybridized carbons (Fsp3) is 0.615. The average Bonchev–Trinajstić information content (AvgIpc) is 2.14. The molecule has 2 heteroatoms. The summed E-state index contributed by atoms with van der Waals surface area (Å²) in [5, 5.41) is 0.111. The van der Waals surface area contributed by atoms with Gasteiger partial charge in [0, 0.05) is 6.42 Å². The van der Waals surface area contributed by atoms with Crippen molar-refractivity contribution in [3.63, 3.8) is 0 Å². The molecule has 0 amide bonds. The van der Waals surface area contributed by atoms with E-state index in [9.17, 15) is 4.79 Å². The highest BCUT2D eigenvalue weighted by Crippen LogP contribution is 2.16. The lowest BCUT2D eigenvalue weighted by Gasteiger charge is -2.06. The molecule has 0 saturated heterocycles. The van der Waals surface area contributed by atoms with Gasteiger partial charge in [0.05, 0.1) is 5.38 Å². The number of rotatable bonds is 8. The van der Waals surface area contributed by atoms with Crippen molar-refractivity contribution in [2.24, 2.45) is 0 Å². The zero-order valence-corrected chi connectivity index (χ0v) is 10.5. The zero-order valence-electron chi connectivity index (χ0n) is 9.76. The predicted molar refractivity (Wildman–Crippen MR) is 67.4 cm³/mol. The molecular formula is C13H21ClO. The minimum atomic E-state index is 0.111. The summed E-state index contributed by atoms with van der Waals surface area (Å²) in [5.74, 6) is 0.256. The monoisotopic (exact) mass is 228 g/mol. The molecule has 0 aromatic rings. The lowest BCUT2D eigenvalue weighted by atomic mass is 10.0. The molecule has 0 aliphatic heterocycles. The molecule has 0 spiro atoms. The van der Waals surface area contributed by atoms with Crippen LogP contribution < -0.4 is 0 Å². The highest BCUT2D eigenvalue weighted by atomic mass is 35.5. The van der Waals surface area contributed by atoms with Gasteiger partial charge in [0.25, 0.3) is 0 Å². The molecule has 0 radical (unpaired) electrons. The number of hydrogen-bond donors (Lipinski definition) is 0. The van der Waals surface area contributed by atoms with Crippen molar-refractivity contribution in [2.45, 2.75) is 51.3 Å².